The highest BCUT2D eigenvalue weighted by Gasteiger charge is 2.38. The van der Waals surface area contributed by atoms with Gasteiger partial charge in [0.25, 0.3) is 0 Å². The predicted molar refractivity (Wildman–Crippen MR) is 49.0 cm³/mol. The van der Waals surface area contributed by atoms with Crippen molar-refractivity contribution in [3.05, 3.63) is 24.3 Å². The van der Waals surface area contributed by atoms with Gasteiger partial charge in [-0.3, -0.25) is 5.41 Å². The molecule has 1 aliphatic rings. The third kappa shape index (κ3) is 1.46. The molecule has 68 valence electrons. The van der Waals surface area contributed by atoms with Crippen LogP contribution in [0, 0.1) is 22.7 Å². The minimum absolute atomic E-state index is 0.0657. The highest BCUT2D eigenvalue weighted by atomic mass is 16.5. The van der Waals surface area contributed by atoms with E-state index in [1.54, 1.807) is 24.3 Å². The molecule has 4 nitrogen and oxygen atoms in total. The van der Waals surface area contributed by atoms with Gasteiger partial charge < -0.3 is 10.5 Å². The highest BCUT2D eigenvalue weighted by Crippen LogP contribution is 2.27. The van der Waals surface area contributed by atoms with Crippen LogP contribution in [0.25, 0.3) is 0 Å². The first-order valence-corrected chi connectivity index (χ1v) is 3.82. The largest absolute Gasteiger partial charge is 0.387 e. The van der Waals surface area contributed by atoms with E-state index in [1.165, 1.54) is 7.11 Å². The van der Waals surface area contributed by atoms with Crippen LogP contribution in [0.3, 0.4) is 0 Å². The van der Waals surface area contributed by atoms with Gasteiger partial charge in [-0.05, 0) is 6.08 Å². The van der Waals surface area contributed by atoms with E-state index in [-0.39, 0.29) is 5.84 Å². The molecule has 0 aliphatic heterocycles. The number of allylic oxidation sites excluding steroid dienone is 2. The first-order chi connectivity index (χ1) is 6.16. The standard InChI is InChI=1S/C9H11N3O/c1-13-9(6-10)5-3-2-4-7(9)8(11)12/h2-5,7H,1H3,(H3,11,12). The molecule has 13 heavy (non-hydrogen) atoms. The molecular formula is C9H11N3O. The molecule has 0 radical (unpaired) electrons. The van der Waals surface area contributed by atoms with E-state index >= 15 is 0 Å². The Kier molecular flexibility index (Phi) is 2.49. The number of amidine groups is 1. The first kappa shape index (κ1) is 9.49. The number of nitrogens with two attached hydrogens (primary N) is 1. The van der Waals surface area contributed by atoms with Crippen LogP contribution in [-0.2, 0) is 4.74 Å². The molecule has 0 bridgehead atoms. The third-order valence-electron chi connectivity index (χ3n) is 2.07. The average molecular weight is 177 g/mol. The summed E-state index contributed by atoms with van der Waals surface area (Å²) in [6.07, 6.45) is 6.76. The Morgan fingerprint density at radius 1 is 1.69 bits per heavy atom. The molecule has 3 N–H and O–H groups in total. The summed E-state index contributed by atoms with van der Waals surface area (Å²) < 4.78 is 5.08. The summed E-state index contributed by atoms with van der Waals surface area (Å²) in [5, 5.41) is 16.3. The second-order valence-corrected chi connectivity index (χ2v) is 2.79. The maximum atomic E-state index is 8.95. The van der Waals surface area contributed by atoms with Crippen LogP contribution in [0.5, 0.6) is 0 Å². The molecule has 0 amide bonds. The van der Waals surface area contributed by atoms with E-state index in [4.69, 9.17) is 21.1 Å². The molecule has 0 saturated heterocycles. The average Bonchev–Trinajstić information content (AvgIpc) is 2.17. The monoisotopic (exact) mass is 177 g/mol. The molecule has 4 heteroatoms. The Morgan fingerprint density at radius 2 is 2.38 bits per heavy atom. The molecule has 0 spiro atoms. The second kappa shape index (κ2) is 3.42. The molecule has 0 aromatic rings. The van der Waals surface area contributed by atoms with Gasteiger partial charge in [0, 0.05) is 7.11 Å². The Hall–Kier alpha value is -1.60. The molecular weight excluding hydrogens is 166 g/mol. The summed E-state index contributed by atoms with van der Waals surface area (Å²) in [4.78, 5) is 0. The van der Waals surface area contributed by atoms with Gasteiger partial charge in [-0.25, -0.2) is 0 Å². The fourth-order valence-electron chi connectivity index (χ4n) is 1.30. The van der Waals surface area contributed by atoms with Crippen LogP contribution in [0.4, 0.5) is 0 Å². The van der Waals surface area contributed by atoms with Crippen LogP contribution in [0.1, 0.15) is 0 Å². The highest BCUT2D eigenvalue weighted by molar-refractivity contribution is 5.84. The Morgan fingerprint density at radius 3 is 2.77 bits per heavy atom. The predicted octanol–water partition coefficient (Wildman–Crippen LogP) is 0.573. The number of hydrogen-bond donors (Lipinski definition) is 2. The lowest BCUT2D eigenvalue weighted by Crippen LogP contribution is -2.43. The van der Waals surface area contributed by atoms with Crippen LogP contribution in [0.15, 0.2) is 24.3 Å². The number of rotatable bonds is 2. The Bertz CT molecular complexity index is 313. The lowest BCUT2D eigenvalue weighted by molar-refractivity contribution is 0.0636. The SMILES string of the molecule is COC1(C#N)C=CC=CC1C(=N)N. The minimum Gasteiger partial charge on any atom is -0.387 e. The summed E-state index contributed by atoms with van der Waals surface area (Å²) in [5.41, 5.74) is 4.25. The maximum absolute atomic E-state index is 8.95. The zero-order chi connectivity index (χ0) is 9.90. The molecule has 0 aromatic heterocycles. The molecule has 2 unspecified atom stereocenters. The zero-order valence-corrected chi connectivity index (χ0v) is 7.32. The van der Waals surface area contributed by atoms with Crippen LogP contribution < -0.4 is 5.73 Å². The Balaban J connectivity index is 3.07. The van der Waals surface area contributed by atoms with Gasteiger partial charge in [0.05, 0.1) is 5.92 Å². The van der Waals surface area contributed by atoms with Crippen LogP contribution >= 0.6 is 0 Å². The van der Waals surface area contributed by atoms with Crippen molar-refractivity contribution in [3.8, 4) is 6.07 Å². The second-order valence-electron chi connectivity index (χ2n) is 2.79. The molecule has 0 fully saturated rings. The van der Waals surface area contributed by atoms with E-state index in [0.717, 1.165) is 0 Å². The van der Waals surface area contributed by atoms with Crippen molar-refractivity contribution in [1.29, 1.82) is 10.7 Å². The van der Waals surface area contributed by atoms with Gasteiger partial charge in [0.2, 0.25) is 0 Å². The van der Waals surface area contributed by atoms with Crippen molar-refractivity contribution < 1.29 is 4.74 Å². The number of nitrogens with one attached hydrogen (secondary N) is 1. The quantitative estimate of drug-likeness (QED) is 0.478. The fraction of sp³-hybridized carbons (Fsp3) is 0.333. The van der Waals surface area contributed by atoms with E-state index < -0.39 is 11.5 Å². The lowest BCUT2D eigenvalue weighted by atomic mass is 9.84. The van der Waals surface area contributed by atoms with Crippen molar-refractivity contribution in [1.82, 2.24) is 0 Å². The van der Waals surface area contributed by atoms with E-state index in [9.17, 15) is 0 Å². The van der Waals surface area contributed by atoms with Gasteiger partial charge in [-0.15, -0.1) is 0 Å². The third-order valence-corrected chi connectivity index (χ3v) is 2.07. The number of hydrogen-bond acceptors (Lipinski definition) is 3. The number of methoxy groups -OCH3 is 1. The van der Waals surface area contributed by atoms with Gasteiger partial charge >= 0.3 is 0 Å². The van der Waals surface area contributed by atoms with E-state index in [2.05, 4.69) is 0 Å². The van der Waals surface area contributed by atoms with Crippen molar-refractivity contribution in [3.63, 3.8) is 0 Å². The van der Waals surface area contributed by atoms with Gasteiger partial charge in [0.1, 0.15) is 11.9 Å². The normalized spacial score (nSPS) is 31.2. The molecule has 2 atom stereocenters. The van der Waals surface area contributed by atoms with Crippen LogP contribution in [0.2, 0.25) is 0 Å². The maximum Gasteiger partial charge on any atom is 0.185 e. The smallest absolute Gasteiger partial charge is 0.185 e. The molecule has 1 aliphatic carbocycles. The summed E-state index contributed by atoms with van der Waals surface area (Å²) in [5.74, 6) is -0.559. The van der Waals surface area contributed by atoms with E-state index in [0.29, 0.717) is 0 Å². The molecule has 0 aromatic carbocycles. The Labute approximate surface area is 76.8 Å². The van der Waals surface area contributed by atoms with Gasteiger partial charge in [-0.2, -0.15) is 5.26 Å². The zero-order valence-electron chi connectivity index (χ0n) is 7.32. The summed E-state index contributed by atoms with van der Waals surface area (Å²) in [7, 11) is 1.43. The minimum atomic E-state index is -1.11. The lowest BCUT2D eigenvalue weighted by Gasteiger charge is -2.29. The van der Waals surface area contributed by atoms with Gasteiger partial charge in [0.15, 0.2) is 5.60 Å². The van der Waals surface area contributed by atoms with Gasteiger partial charge in [-0.1, -0.05) is 18.2 Å². The summed E-state index contributed by atoms with van der Waals surface area (Å²) >= 11 is 0. The van der Waals surface area contributed by atoms with Crippen LogP contribution in [-0.4, -0.2) is 18.5 Å². The first-order valence-electron chi connectivity index (χ1n) is 3.82. The molecule has 0 heterocycles. The number of nitrogens with zero attached hydrogens (tertiary/aromatic N) is 1. The number of nitriles is 1. The summed E-state index contributed by atoms with van der Waals surface area (Å²) in [6, 6.07) is 2.02. The topological polar surface area (TPSA) is 82.9 Å². The number of ether oxygens (including phenoxy) is 1. The summed E-state index contributed by atoms with van der Waals surface area (Å²) in [6.45, 7) is 0. The molecule has 1 rings (SSSR count). The van der Waals surface area contributed by atoms with Crippen molar-refractivity contribution >= 4 is 5.84 Å². The van der Waals surface area contributed by atoms with Crippen molar-refractivity contribution in [2.24, 2.45) is 11.7 Å². The molecule has 0 saturated carbocycles. The fourth-order valence-corrected chi connectivity index (χ4v) is 1.30. The van der Waals surface area contributed by atoms with Crippen molar-refractivity contribution in [2.75, 3.05) is 7.11 Å². The van der Waals surface area contributed by atoms with E-state index in [1.807, 2.05) is 6.07 Å². The van der Waals surface area contributed by atoms with Crippen molar-refractivity contribution in [2.45, 2.75) is 5.60 Å².